The van der Waals surface area contributed by atoms with Gasteiger partial charge in [0.25, 0.3) is 5.91 Å². The number of amides is 3. The molecule has 158 valence electrons. The molecule has 2 aromatic carbocycles. The molecule has 0 saturated carbocycles. The Balaban J connectivity index is 1.63. The zero-order valence-corrected chi connectivity index (χ0v) is 17.7. The predicted molar refractivity (Wildman–Crippen MR) is 115 cm³/mol. The highest BCUT2D eigenvalue weighted by atomic mass is 16.5. The second kappa shape index (κ2) is 9.11. The summed E-state index contributed by atoms with van der Waals surface area (Å²) in [6.07, 6.45) is 3.05. The van der Waals surface area contributed by atoms with Crippen molar-refractivity contribution >= 4 is 17.7 Å². The summed E-state index contributed by atoms with van der Waals surface area (Å²) in [5.74, 6) is 0.153. The molecule has 3 rings (SSSR count). The van der Waals surface area contributed by atoms with E-state index < -0.39 is 11.6 Å². The number of ether oxygens (including phenoxy) is 1. The Labute approximate surface area is 177 Å². The largest absolute Gasteiger partial charge is 0.497 e. The smallest absolute Gasteiger partial charge is 0.325 e. The third-order valence-electron chi connectivity index (χ3n) is 5.53. The van der Waals surface area contributed by atoms with Crippen LogP contribution in [0.4, 0.5) is 4.79 Å². The molecule has 3 amide bonds. The van der Waals surface area contributed by atoms with E-state index in [4.69, 9.17) is 4.74 Å². The fraction of sp³-hybridized carbons (Fsp3) is 0.375. The summed E-state index contributed by atoms with van der Waals surface area (Å²) in [4.78, 5) is 39.0. The molecule has 0 unspecified atom stereocenters. The van der Waals surface area contributed by atoms with Gasteiger partial charge in [-0.2, -0.15) is 0 Å². The molecule has 1 fully saturated rings. The van der Waals surface area contributed by atoms with E-state index in [1.54, 1.807) is 26.2 Å². The summed E-state index contributed by atoms with van der Waals surface area (Å²) in [5.41, 5.74) is 1.68. The number of imide groups is 1. The standard InChI is InChI=1S/C24H28N2O4/c1-4-5-17-6-10-19(11-7-17)21(27)16-26-22(28)24(2,25-23(26)29)15-14-18-8-12-20(30-3)13-9-18/h6-13H,4-5,14-16H2,1-3H3,(H,25,29)/t24-/m0/s1. The number of nitrogens with one attached hydrogen (secondary N) is 1. The number of ketones is 1. The Hall–Kier alpha value is -3.15. The van der Waals surface area contributed by atoms with Gasteiger partial charge in [-0.15, -0.1) is 0 Å². The summed E-state index contributed by atoms with van der Waals surface area (Å²) in [7, 11) is 1.61. The third kappa shape index (κ3) is 4.70. The molecule has 1 aliphatic rings. The molecule has 1 aliphatic heterocycles. The molecule has 1 saturated heterocycles. The second-order valence-corrected chi connectivity index (χ2v) is 7.87. The highest BCUT2D eigenvalue weighted by Gasteiger charge is 2.47. The predicted octanol–water partition coefficient (Wildman–Crippen LogP) is 3.77. The van der Waals surface area contributed by atoms with Crippen molar-refractivity contribution in [2.24, 2.45) is 0 Å². The third-order valence-corrected chi connectivity index (χ3v) is 5.53. The zero-order chi connectivity index (χ0) is 21.7. The lowest BCUT2D eigenvalue weighted by Crippen LogP contribution is -2.44. The Morgan fingerprint density at radius 3 is 2.20 bits per heavy atom. The normalized spacial score (nSPS) is 18.4. The zero-order valence-electron chi connectivity index (χ0n) is 17.7. The van der Waals surface area contributed by atoms with Crippen molar-refractivity contribution in [2.45, 2.75) is 45.1 Å². The topological polar surface area (TPSA) is 75.7 Å². The molecule has 0 bridgehead atoms. The van der Waals surface area contributed by atoms with Gasteiger partial charge in [0.15, 0.2) is 5.78 Å². The average molecular weight is 408 g/mol. The molecule has 0 spiro atoms. The molecule has 0 radical (unpaired) electrons. The van der Waals surface area contributed by atoms with Crippen LogP contribution in [0.15, 0.2) is 48.5 Å². The molecular formula is C24H28N2O4. The van der Waals surface area contributed by atoms with Gasteiger partial charge in [0.05, 0.1) is 13.7 Å². The van der Waals surface area contributed by atoms with Gasteiger partial charge in [-0.3, -0.25) is 14.5 Å². The number of Topliss-reactive ketones (excluding diaryl/α,β-unsaturated/α-hetero) is 1. The molecule has 0 aromatic heterocycles. The van der Waals surface area contributed by atoms with Crippen molar-refractivity contribution < 1.29 is 19.1 Å². The van der Waals surface area contributed by atoms with Crippen LogP contribution < -0.4 is 10.1 Å². The SMILES string of the molecule is CCCc1ccc(C(=O)CN2C(=O)N[C@@](C)(CCc3ccc(OC)cc3)C2=O)cc1. The van der Waals surface area contributed by atoms with Gasteiger partial charge in [-0.1, -0.05) is 49.7 Å². The van der Waals surface area contributed by atoms with Crippen molar-refractivity contribution in [3.8, 4) is 5.75 Å². The first-order valence-corrected chi connectivity index (χ1v) is 10.3. The number of carbonyl (C=O) groups is 3. The van der Waals surface area contributed by atoms with Crippen LogP contribution in [-0.2, 0) is 17.6 Å². The van der Waals surface area contributed by atoms with Crippen LogP contribution in [0, 0.1) is 0 Å². The van der Waals surface area contributed by atoms with Crippen LogP contribution >= 0.6 is 0 Å². The van der Waals surface area contributed by atoms with Gasteiger partial charge in [0.1, 0.15) is 11.3 Å². The number of benzene rings is 2. The van der Waals surface area contributed by atoms with Gasteiger partial charge in [-0.25, -0.2) is 4.79 Å². The lowest BCUT2D eigenvalue weighted by atomic mass is 9.93. The number of nitrogens with zero attached hydrogens (tertiary/aromatic N) is 1. The summed E-state index contributed by atoms with van der Waals surface area (Å²) in [6, 6.07) is 14.4. The first-order valence-electron chi connectivity index (χ1n) is 10.3. The van der Waals surface area contributed by atoms with Crippen molar-refractivity contribution in [1.82, 2.24) is 10.2 Å². The van der Waals surface area contributed by atoms with E-state index in [0.29, 0.717) is 18.4 Å². The molecule has 2 aromatic rings. The number of urea groups is 1. The van der Waals surface area contributed by atoms with Gasteiger partial charge in [-0.05, 0) is 49.4 Å². The summed E-state index contributed by atoms with van der Waals surface area (Å²) in [5, 5.41) is 2.77. The number of rotatable bonds is 9. The van der Waals surface area contributed by atoms with Crippen LogP contribution in [0.1, 0.15) is 48.2 Å². The number of methoxy groups -OCH3 is 1. The summed E-state index contributed by atoms with van der Waals surface area (Å²) >= 11 is 0. The van der Waals surface area contributed by atoms with Crippen LogP contribution in [0.2, 0.25) is 0 Å². The maximum absolute atomic E-state index is 12.9. The number of hydrogen-bond donors (Lipinski definition) is 1. The van der Waals surface area contributed by atoms with Crippen LogP contribution in [0.25, 0.3) is 0 Å². The summed E-state index contributed by atoms with van der Waals surface area (Å²) in [6.45, 7) is 3.55. The van der Waals surface area contributed by atoms with Crippen LogP contribution in [0.5, 0.6) is 5.75 Å². The summed E-state index contributed by atoms with van der Waals surface area (Å²) < 4.78 is 5.15. The molecule has 30 heavy (non-hydrogen) atoms. The Morgan fingerprint density at radius 2 is 1.60 bits per heavy atom. The molecule has 1 heterocycles. The molecule has 1 atom stereocenters. The fourth-order valence-electron chi connectivity index (χ4n) is 3.63. The van der Waals surface area contributed by atoms with E-state index in [0.717, 1.165) is 34.6 Å². The van der Waals surface area contributed by atoms with Crippen molar-refractivity contribution in [2.75, 3.05) is 13.7 Å². The minimum atomic E-state index is -1.03. The van der Waals surface area contributed by atoms with E-state index in [9.17, 15) is 14.4 Å². The van der Waals surface area contributed by atoms with Gasteiger partial charge in [0, 0.05) is 5.56 Å². The maximum Gasteiger partial charge on any atom is 0.325 e. The second-order valence-electron chi connectivity index (χ2n) is 7.87. The minimum absolute atomic E-state index is 0.249. The monoisotopic (exact) mass is 408 g/mol. The number of aryl methyl sites for hydroxylation is 2. The lowest BCUT2D eigenvalue weighted by molar-refractivity contribution is -0.130. The maximum atomic E-state index is 12.9. The van der Waals surface area contributed by atoms with E-state index in [1.165, 1.54) is 0 Å². The first kappa shape index (κ1) is 21.6. The van der Waals surface area contributed by atoms with E-state index >= 15 is 0 Å². The van der Waals surface area contributed by atoms with Crippen LogP contribution in [-0.4, -0.2) is 41.8 Å². The Kier molecular flexibility index (Phi) is 6.55. The lowest BCUT2D eigenvalue weighted by Gasteiger charge is -2.21. The molecule has 1 N–H and O–H groups in total. The van der Waals surface area contributed by atoms with E-state index in [2.05, 4.69) is 12.2 Å². The Morgan fingerprint density at radius 1 is 1.00 bits per heavy atom. The van der Waals surface area contributed by atoms with E-state index in [1.807, 2.05) is 36.4 Å². The first-order chi connectivity index (χ1) is 14.4. The molecular weight excluding hydrogens is 380 g/mol. The van der Waals surface area contributed by atoms with Gasteiger partial charge in [0.2, 0.25) is 0 Å². The quantitative estimate of drug-likeness (QED) is 0.506. The highest BCUT2D eigenvalue weighted by Crippen LogP contribution is 2.24. The van der Waals surface area contributed by atoms with Gasteiger partial charge >= 0.3 is 6.03 Å². The number of carbonyl (C=O) groups excluding carboxylic acids is 3. The molecule has 6 nitrogen and oxygen atoms in total. The Bertz CT molecular complexity index is 921. The van der Waals surface area contributed by atoms with Crippen molar-refractivity contribution in [1.29, 1.82) is 0 Å². The number of hydrogen-bond acceptors (Lipinski definition) is 4. The van der Waals surface area contributed by atoms with Crippen molar-refractivity contribution in [3.63, 3.8) is 0 Å². The highest BCUT2D eigenvalue weighted by molar-refractivity contribution is 6.11. The molecule has 0 aliphatic carbocycles. The minimum Gasteiger partial charge on any atom is -0.497 e. The van der Waals surface area contributed by atoms with E-state index in [-0.39, 0.29) is 18.2 Å². The van der Waals surface area contributed by atoms with Crippen molar-refractivity contribution in [3.05, 3.63) is 65.2 Å². The fourth-order valence-corrected chi connectivity index (χ4v) is 3.63. The average Bonchev–Trinajstić information content (AvgIpc) is 2.96. The molecule has 6 heteroatoms. The van der Waals surface area contributed by atoms with Crippen LogP contribution in [0.3, 0.4) is 0 Å². The van der Waals surface area contributed by atoms with Gasteiger partial charge < -0.3 is 10.1 Å².